The Morgan fingerprint density at radius 3 is 1.92 bits per heavy atom. The summed E-state index contributed by atoms with van der Waals surface area (Å²) in [4.78, 5) is 1.41. The highest BCUT2D eigenvalue weighted by molar-refractivity contribution is 8.93. The summed E-state index contributed by atoms with van der Waals surface area (Å²) in [5, 5.41) is 2.99. The van der Waals surface area contributed by atoms with E-state index in [4.69, 9.17) is 0 Å². The second-order valence-electron chi connectivity index (χ2n) is 2.64. The van der Waals surface area contributed by atoms with Crippen LogP contribution < -0.4 is 5.32 Å². The predicted molar refractivity (Wildman–Crippen MR) is 56.0 cm³/mol. The molecule has 1 saturated heterocycles. The summed E-state index contributed by atoms with van der Waals surface area (Å²) in [6.07, 6.45) is -4.04. The van der Waals surface area contributed by atoms with E-state index in [0.29, 0.717) is 26.2 Å². The number of hydrogen-bond acceptors (Lipinski definition) is 2. The van der Waals surface area contributed by atoms with Crippen molar-refractivity contribution in [1.82, 2.24) is 10.2 Å². The molecule has 0 unspecified atom stereocenters. The summed E-state index contributed by atoms with van der Waals surface area (Å²) in [6.45, 7) is 1.56. The summed E-state index contributed by atoms with van der Waals surface area (Å²) in [5.41, 5.74) is 0. The molecule has 0 spiro atoms. The van der Waals surface area contributed by atoms with Crippen LogP contribution in [0.5, 0.6) is 0 Å². The van der Waals surface area contributed by atoms with Gasteiger partial charge in [-0.3, -0.25) is 4.90 Å². The molecule has 82 valence electrons. The third-order valence-electron chi connectivity index (χ3n) is 1.61. The quantitative estimate of drug-likeness (QED) is 0.786. The molecule has 0 radical (unpaired) electrons. The first-order valence-corrected chi connectivity index (χ1v) is 3.58. The normalized spacial score (nSPS) is 18.7. The molecule has 0 saturated carbocycles. The number of alkyl halides is 3. The van der Waals surface area contributed by atoms with Crippen LogP contribution in [0.3, 0.4) is 0 Å². The number of hydrogen-bond donors (Lipinski definition) is 1. The van der Waals surface area contributed by atoms with Crippen LogP contribution in [0.15, 0.2) is 0 Å². The Bertz CT molecular complexity index is 126. The van der Waals surface area contributed by atoms with Crippen LogP contribution in [0.25, 0.3) is 0 Å². The average molecular weight is 330 g/mol. The van der Waals surface area contributed by atoms with Gasteiger partial charge in [0.15, 0.2) is 0 Å². The smallest absolute Gasteiger partial charge is 0.314 e. The molecule has 0 bridgehead atoms. The van der Waals surface area contributed by atoms with Gasteiger partial charge in [-0.25, -0.2) is 0 Å². The topological polar surface area (TPSA) is 15.3 Å². The van der Waals surface area contributed by atoms with E-state index in [9.17, 15) is 13.2 Å². The Kier molecular flexibility index (Phi) is 8.71. The molecule has 0 amide bonds. The maximum atomic E-state index is 11.8. The highest BCUT2D eigenvalue weighted by Crippen LogP contribution is 2.16. The Balaban J connectivity index is 0. The molecule has 0 atom stereocenters. The highest BCUT2D eigenvalue weighted by Gasteiger charge is 2.30. The van der Waals surface area contributed by atoms with Crippen LogP contribution in [-0.4, -0.2) is 43.8 Å². The van der Waals surface area contributed by atoms with Gasteiger partial charge in [-0.1, -0.05) is 0 Å². The fourth-order valence-corrected chi connectivity index (χ4v) is 1.12. The maximum Gasteiger partial charge on any atom is 0.401 e. The zero-order valence-corrected chi connectivity index (χ0v) is 10.4. The Morgan fingerprint density at radius 1 is 1.08 bits per heavy atom. The molecule has 1 rings (SSSR count). The molecule has 0 aromatic rings. The van der Waals surface area contributed by atoms with Crippen molar-refractivity contribution in [3.05, 3.63) is 0 Å². The van der Waals surface area contributed by atoms with Crippen molar-refractivity contribution in [2.75, 3.05) is 32.7 Å². The van der Waals surface area contributed by atoms with Gasteiger partial charge in [0.25, 0.3) is 0 Å². The molecule has 1 fully saturated rings. The van der Waals surface area contributed by atoms with Crippen molar-refractivity contribution in [3.63, 3.8) is 0 Å². The highest BCUT2D eigenvalue weighted by atomic mass is 79.9. The minimum Gasteiger partial charge on any atom is -0.314 e. The molecule has 0 aromatic heterocycles. The lowest BCUT2D eigenvalue weighted by molar-refractivity contribution is -0.146. The first kappa shape index (κ1) is 16.1. The molecular weight excluding hydrogens is 317 g/mol. The minimum absolute atomic E-state index is 0. The predicted octanol–water partition coefficient (Wildman–Crippen LogP) is 1.61. The maximum absolute atomic E-state index is 11.8. The zero-order chi connectivity index (χ0) is 8.32. The molecule has 13 heavy (non-hydrogen) atoms. The van der Waals surface area contributed by atoms with Crippen LogP contribution in [0.1, 0.15) is 0 Å². The summed E-state index contributed by atoms with van der Waals surface area (Å²) in [5.74, 6) is 0. The van der Waals surface area contributed by atoms with Crippen molar-refractivity contribution < 1.29 is 13.2 Å². The Morgan fingerprint density at radius 2 is 1.54 bits per heavy atom. The number of rotatable bonds is 1. The lowest BCUT2D eigenvalue weighted by Gasteiger charge is -2.27. The first-order valence-electron chi connectivity index (χ1n) is 3.58. The molecule has 0 aromatic carbocycles. The van der Waals surface area contributed by atoms with Crippen molar-refractivity contribution in [2.24, 2.45) is 0 Å². The number of piperazine rings is 1. The number of nitrogens with zero attached hydrogens (tertiary/aromatic N) is 1. The molecule has 1 heterocycles. The lowest BCUT2D eigenvalue weighted by atomic mass is 10.3. The van der Waals surface area contributed by atoms with E-state index in [-0.39, 0.29) is 34.0 Å². The van der Waals surface area contributed by atoms with Crippen LogP contribution in [0, 0.1) is 0 Å². The minimum atomic E-state index is -4.04. The Labute approximate surface area is 96.4 Å². The van der Waals surface area contributed by atoms with Gasteiger partial charge in [-0.05, 0) is 0 Å². The number of nitrogens with one attached hydrogen (secondary N) is 1. The van der Waals surface area contributed by atoms with Gasteiger partial charge in [-0.15, -0.1) is 34.0 Å². The second kappa shape index (κ2) is 7.03. The van der Waals surface area contributed by atoms with Gasteiger partial charge < -0.3 is 5.32 Å². The fraction of sp³-hybridized carbons (Fsp3) is 1.00. The number of halogens is 5. The van der Waals surface area contributed by atoms with E-state index in [1.54, 1.807) is 0 Å². The monoisotopic (exact) mass is 328 g/mol. The largest absolute Gasteiger partial charge is 0.401 e. The van der Waals surface area contributed by atoms with Gasteiger partial charge in [0.1, 0.15) is 0 Å². The lowest BCUT2D eigenvalue weighted by Crippen LogP contribution is -2.47. The molecule has 2 nitrogen and oxygen atoms in total. The summed E-state index contributed by atoms with van der Waals surface area (Å²) >= 11 is 0. The molecule has 1 N–H and O–H groups in total. The van der Waals surface area contributed by atoms with Gasteiger partial charge in [0.05, 0.1) is 6.54 Å². The van der Waals surface area contributed by atoms with E-state index in [0.717, 1.165) is 0 Å². The van der Waals surface area contributed by atoms with Crippen molar-refractivity contribution >= 4 is 34.0 Å². The molecular formula is C6H13Br2F3N2. The van der Waals surface area contributed by atoms with Gasteiger partial charge >= 0.3 is 6.18 Å². The summed E-state index contributed by atoms with van der Waals surface area (Å²) in [7, 11) is 0. The van der Waals surface area contributed by atoms with E-state index < -0.39 is 12.7 Å². The second-order valence-corrected chi connectivity index (χ2v) is 2.64. The van der Waals surface area contributed by atoms with Crippen LogP contribution >= 0.6 is 34.0 Å². The van der Waals surface area contributed by atoms with Crippen molar-refractivity contribution in [1.29, 1.82) is 0 Å². The fourth-order valence-electron chi connectivity index (χ4n) is 1.12. The van der Waals surface area contributed by atoms with E-state index in [2.05, 4.69) is 5.32 Å². The first-order chi connectivity index (χ1) is 5.08. The summed E-state index contributed by atoms with van der Waals surface area (Å²) in [6, 6.07) is 0. The molecule has 1 aliphatic heterocycles. The van der Waals surface area contributed by atoms with Gasteiger partial charge in [-0.2, -0.15) is 13.2 Å². The van der Waals surface area contributed by atoms with Crippen LogP contribution in [-0.2, 0) is 0 Å². The SMILES string of the molecule is Br.Br.FC(F)(F)CN1CCNCC1. The zero-order valence-electron chi connectivity index (χ0n) is 6.93. The third-order valence-corrected chi connectivity index (χ3v) is 1.61. The standard InChI is InChI=1S/C6H11F3N2.2BrH/c7-6(8,9)5-11-3-1-10-2-4-11;;/h10H,1-5H2;2*1H. The Hall–Kier alpha value is 0.670. The van der Waals surface area contributed by atoms with Gasteiger partial charge in [0.2, 0.25) is 0 Å². The van der Waals surface area contributed by atoms with E-state index >= 15 is 0 Å². The van der Waals surface area contributed by atoms with Gasteiger partial charge in [0, 0.05) is 26.2 Å². The average Bonchev–Trinajstić information content (AvgIpc) is 1.85. The van der Waals surface area contributed by atoms with Crippen LogP contribution in [0.4, 0.5) is 13.2 Å². The van der Waals surface area contributed by atoms with Crippen molar-refractivity contribution in [3.8, 4) is 0 Å². The summed E-state index contributed by atoms with van der Waals surface area (Å²) < 4.78 is 35.3. The molecule has 0 aliphatic carbocycles. The van der Waals surface area contributed by atoms with E-state index in [1.165, 1.54) is 4.90 Å². The third kappa shape index (κ3) is 7.72. The van der Waals surface area contributed by atoms with E-state index in [1.807, 2.05) is 0 Å². The van der Waals surface area contributed by atoms with Crippen molar-refractivity contribution in [2.45, 2.75) is 6.18 Å². The molecule has 1 aliphatic rings. The molecule has 7 heteroatoms. The van der Waals surface area contributed by atoms with Crippen LogP contribution in [0.2, 0.25) is 0 Å².